The number of hydrogen-bond donors (Lipinski definition) is 1. The van der Waals surface area contributed by atoms with Crippen LogP contribution in [0, 0.1) is 5.92 Å². The lowest BCUT2D eigenvalue weighted by Crippen LogP contribution is -2.42. The van der Waals surface area contributed by atoms with Crippen LogP contribution in [0.4, 0.5) is 0 Å². The van der Waals surface area contributed by atoms with Gasteiger partial charge in [0.25, 0.3) is 0 Å². The molecule has 1 aromatic rings. The maximum Gasteiger partial charge on any atom is 0.248 e. The number of carbonyl (C=O) groups is 1. The molecule has 0 spiro atoms. The van der Waals surface area contributed by atoms with E-state index in [4.69, 9.17) is 4.74 Å². The molecular formula is C20H29NO3. The molecule has 2 fully saturated rings. The fourth-order valence-electron chi connectivity index (χ4n) is 3.90. The number of ether oxygens (including phenoxy) is 1. The summed E-state index contributed by atoms with van der Waals surface area (Å²) in [5, 5.41) is 10.5. The number of aliphatic hydroxyl groups is 1. The number of carbonyl (C=O) groups excluding carboxylic acids is 1. The normalized spacial score (nSPS) is 21.6. The van der Waals surface area contributed by atoms with E-state index in [1.54, 1.807) is 0 Å². The molecule has 1 aliphatic carbocycles. The fraction of sp³-hybridized carbons (Fsp3) is 0.650. The van der Waals surface area contributed by atoms with Crippen LogP contribution in [0.25, 0.3) is 0 Å². The third-order valence-corrected chi connectivity index (χ3v) is 5.47. The molecular weight excluding hydrogens is 302 g/mol. The van der Waals surface area contributed by atoms with E-state index in [9.17, 15) is 9.90 Å². The quantitative estimate of drug-likeness (QED) is 0.900. The predicted molar refractivity (Wildman–Crippen MR) is 93.5 cm³/mol. The van der Waals surface area contributed by atoms with Crippen molar-refractivity contribution >= 4 is 5.91 Å². The van der Waals surface area contributed by atoms with Gasteiger partial charge in [0.1, 0.15) is 6.61 Å². The number of nitrogens with zero attached hydrogens (tertiary/aromatic N) is 1. The first-order valence-corrected chi connectivity index (χ1v) is 9.36. The van der Waals surface area contributed by atoms with Crippen molar-refractivity contribution in [2.24, 2.45) is 5.92 Å². The molecule has 24 heavy (non-hydrogen) atoms. The molecule has 1 saturated heterocycles. The minimum Gasteiger partial charge on any atom is -0.388 e. The van der Waals surface area contributed by atoms with Crippen molar-refractivity contribution in [2.75, 3.05) is 19.7 Å². The molecule has 1 saturated carbocycles. The smallest absolute Gasteiger partial charge is 0.248 e. The summed E-state index contributed by atoms with van der Waals surface area (Å²) < 4.78 is 5.80. The molecule has 0 radical (unpaired) electrons. The summed E-state index contributed by atoms with van der Waals surface area (Å²) in [4.78, 5) is 14.2. The summed E-state index contributed by atoms with van der Waals surface area (Å²) in [6, 6.07) is 9.82. The summed E-state index contributed by atoms with van der Waals surface area (Å²) in [5.41, 5.74) is 0.975. The minimum absolute atomic E-state index is 0.105. The monoisotopic (exact) mass is 331 g/mol. The summed E-state index contributed by atoms with van der Waals surface area (Å²) in [6.45, 7) is 1.67. The van der Waals surface area contributed by atoms with Gasteiger partial charge in [0.05, 0.1) is 12.2 Å². The Hall–Kier alpha value is -1.39. The van der Waals surface area contributed by atoms with E-state index in [2.05, 4.69) is 0 Å². The van der Waals surface area contributed by atoms with Gasteiger partial charge in [0.2, 0.25) is 5.91 Å². The SMILES string of the molecule is O=C(COC1CCCCC1)N1CCC(C(O)c2ccccc2)CC1. The molecule has 0 aromatic heterocycles. The van der Waals surface area contributed by atoms with Gasteiger partial charge in [0, 0.05) is 13.1 Å². The van der Waals surface area contributed by atoms with E-state index in [-0.39, 0.29) is 24.5 Å². The van der Waals surface area contributed by atoms with E-state index in [1.807, 2.05) is 35.2 Å². The fourth-order valence-corrected chi connectivity index (χ4v) is 3.90. The number of piperidine rings is 1. The highest BCUT2D eigenvalue weighted by Gasteiger charge is 2.28. The molecule has 1 N–H and O–H groups in total. The second-order valence-corrected chi connectivity index (χ2v) is 7.14. The van der Waals surface area contributed by atoms with E-state index < -0.39 is 6.10 Å². The van der Waals surface area contributed by atoms with Crippen molar-refractivity contribution in [2.45, 2.75) is 57.2 Å². The Bertz CT molecular complexity index is 505. The second kappa shape index (κ2) is 8.63. The molecule has 132 valence electrons. The zero-order valence-corrected chi connectivity index (χ0v) is 14.4. The van der Waals surface area contributed by atoms with Crippen molar-refractivity contribution in [3.8, 4) is 0 Å². The van der Waals surface area contributed by atoms with E-state index in [1.165, 1.54) is 19.3 Å². The molecule has 1 amide bonds. The van der Waals surface area contributed by atoms with Gasteiger partial charge in [-0.3, -0.25) is 4.79 Å². The Labute approximate surface area is 144 Å². The van der Waals surface area contributed by atoms with Gasteiger partial charge >= 0.3 is 0 Å². The first kappa shape index (κ1) is 17.4. The van der Waals surface area contributed by atoms with Crippen LogP contribution in [-0.4, -0.2) is 41.7 Å². The summed E-state index contributed by atoms with van der Waals surface area (Å²) in [7, 11) is 0. The number of rotatable bonds is 5. The molecule has 1 aromatic carbocycles. The zero-order valence-electron chi connectivity index (χ0n) is 14.4. The van der Waals surface area contributed by atoms with E-state index in [0.29, 0.717) is 0 Å². The summed E-state index contributed by atoms with van der Waals surface area (Å²) in [5.74, 6) is 0.337. The third kappa shape index (κ3) is 4.58. The Morgan fingerprint density at radius 1 is 1.08 bits per heavy atom. The summed E-state index contributed by atoms with van der Waals surface area (Å²) >= 11 is 0. The lowest BCUT2D eigenvalue weighted by Gasteiger charge is -2.34. The lowest BCUT2D eigenvalue weighted by molar-refractivity contribution is -0.140. The number of likely N-dealkylation sites (tertiary alicyclic amines) is 1. The first-order chi connectivity index (χ1) is 11.7. The highest BCUT2D eigenvalue weighted by Crippen LogP contribution is 2.30. The minimum atomic E-state index is -0.429. The van der Waals surface area contributed by atoms with Gasteiger partial charge < -0.3 is 14.7 Å². The van der Waals surface area contributed by atoms with Crippen LogP contribution in [0.3, 0.4) is 0 Å². The van der Waals surface area contributed by atoms with Gasteiger partial charge in [0.15, 0.2) is 0 Å². The molecule has 4 heteroatoms. The van der Waals surface area contributed by atoms with Crippen LogP contribution in [-0.2, 0) is 9.53 Å². The zero-order chi connectivity index (χ0) is 16.8. The van der Waals surface area contributed by atoms with Crippen LogP contribution in [0.5, 0.6) is 0 Å². The molecule has 1 atom stereocenters. The lowest BCUT2D eigenvalue weighted by atomic mass is 9.87. The third-order valence-electron chi connectivity index (χ3n) is 5.47. The van der Waals surface area contributed by atoms with E-state index in [0.717, 1.165) is 44.3 Å². The van der Waals surface area contributed by atoms with Gasteiger partial charge in [-0.25, -0.2) is 0 Å². The number of aliphatic hydroxyl groups excluding tert-OH is 1. The van der Waals surface area contributed by atoms with Crippen LogP contribution in [0.15, 0.2) is 30.3 Å². The van der Waals surface area contributed by atoms with Crippen LogP contribution >= 0.6 is 0 Å². The molecule has 3 rings (SSSR count). The Balaban J connectivity index is 1.42. The van der Waals surface area contributed by atoms with Crippen molar-refractivity contribution in [3.63, 3.8) is 0 Å². The maximum atomic E-state index is 12.3. The Kier molecular flexibility index (Phi) is 6.27. The van der Waals surface area contributed by atoms with Gasteiger partial charge in [-0.15, -0.1) is 0 Å². The van der Waals surface area contributed by atoms with E-state index >= 15 is 0 Å². The topological polar surface area (TPSA) is 49.8 Å². The van der Waals surface area contributed by atoms with Crippen molar-refractivity contribution in [1.29, 1.82) is 0 Å². The van der Waals surface area contributed by atoms with Gasteiger partial charge in [-0.05, 0) is 37.2 Å². The molecule has 0 bridgehead atoms. The highest BCUT2D eigenvalue weighted by atomic mass is 16.5. The van der Waals surface area contributed by atoms with Crippen LogP contribution in [0.1, 0.15) is 56.6 Å². The van der Waals surface area contributed by atoms with Crippen LogP contribution < -0.4 is 0 Å². The number of benzene rings is 1. The average Bonchev–Trinajstić information content (AvgIpc) is 2.67. The number of hydrogen-bond acceptors (Lipinski definition) is 3. The molecule has 2 aliphatic rings. The maximum absolute atomic E-state index is 12.3. The standard InChI is InChI=1S/C20H29NO3/c22-19(15-24-18-9-5-2-6-10-18)21-13-11-17(12-14-21)20(23)16-7-3-1-4-8-16/h1,3-4,7-8,17-18,20,23H,2,5-6,9-15H2. The Morgan fingerprint density at radius 3 is 2.42 bits per heavy atom. The average molecular weight is 331 g/mol. The molecule has 1 aliphatic heterocycles. The van der Waals surface area contributed by atoms with Crippen molar-refractivity contribution in [1.82, 2.24) is 4.90 Å². The Morgan fingerprint density at radius 2 is 1.75 bits per heavy atom. The first-order valence-electron chi connectivity index (χ1n) is 9.36. The van der Waals surface area contributed by atoms with Crippen LogP contribution in [0.2, 0.25) is 0 Å². The van der Waals surface area contributed by atoms with Gasteiger partial charge in [-0.1, -0.05) is 49.6 Å². The summed E-state index contributed by atoms with van der Waals surface area (Å²) in [6.07, 6.45) is 7.49. The largest absolute Gasteiger partial charge is 0.388 e. The van der Waals surface area contributed by atoms with Gasteiger partial charge in [-0.2, -0.15) is 0 Å². The second-order valence-electron chi connectivity index (χ2n) is 7.14. The highest BCUT2D eigenvalue weighted by molar-refractivity contribution is 5.77. The number of amides is 1. The molecule has 1 heterocycles. The molecule has 1 unspecified atom stereocenters. The molecule has 4 nitrogen and oxygen atoms in total. The van der Waals surface area contributed by atoms with Crippen molar-refractivity contribution < 1.29 is 14.6 Å². The predicted octanol–water partition coefficient (Wildman–Crippen LogP) is 3.31. The van der Waals surface area contributed by atoms with Crippen molar-refractivity contribution in [3.05, 3.63) is 35.9 Å².